The second-order valence-electron chi connectivity index (χ2n) is 8.94. The summed E-state index contributed by atoms with van der Waals surface area (Å²) < 4.78 is 16.3. The number of fused-ring (bicyclic) bond motifs is 1. The van der Waals surface area contributed by atoms with Gasteiger partial charge in [0.15, 0.2) is 0 Å². The van der Waals surface area contributed by atoms with Crippen LogP contribution in [0.15, 0.2) is 35.4 Å². The maximum absolute atomic E-state index is 12.5. The van der Waals surface area contributed by atoms with E-state index >= 15 is 0 Å². The molecule has 2 aromatic carbocycles. The lowest BCUT2D eigenvalue weighted by molar-refractivity contribution is -0.136. The van der Waals surface area contributed by atoms with Gasteiger partial charge in [0.2, 0.25) is 0 Å². The van der Waals surface area contributed by atoms with E-state index in [9.17, 15) is 14.4 Å². The first-order chi connectivity index (χ1) is 18.7. The summed E-state index contributed by atoms with van der Waals surface area (Å²) in [6.45, 7) is 4.06. The number of hydrogen-bond acceptors (Lipinski definition) is 8. The number of rotatable bonds is 8. The highest BCUT2D eigenvalue weighted by Crippen LogP contribution is 2.39. The number of hydrazone groups is 1. The fourth-order valence-corrected chi connectivity index (χ4v) is 5.71. The number of carbonyl (C=O) groups excluding carboxylic acids is 3. The standard InChI is InChI=1S/C28H28ClN3O6S/c1-15-10-19(11-16(2)24(15)29)38-14-18-12-17(8-9-21(18)36-3)13-30-32-26(34)25(33)31-27-23(28(35)37-4)20-6-5-7-22(20)39-27/h8-13H,5-7,14H2,1-4H3,(H,31,33)(H,32,34)/b30-13+. The van der Waals surface area contributed by atoms with Gasteiger partial charge in [-0.1, -0.05) is 11.6 Å². The molecule has 0 bridgehead atoms. The van der Waals surface area contributed by atoms with E-state index in [0.717, 1.165) is 46.4 Å². The summed E-state index contributed by atoms with van der Waals surface area (Å²) >= 11 is 7.53. The molecule has 2 N–H and O–H groups in total. The molecule has 1 aliphatic rings. The van der Waals surface area contributed by atoms with Gasteiger partial charge in [-0.15, -0.1) is 11.3 Å². The van der Waals surface area contributed by atoms with E-state index in [1.54, 1.807) is 25.3 Å². The van der Waals surface area contributed by atoms with Crippen molar-refractivity contribution in [1.29, 1.82) is 0 Å². The van der Waals surface area contributed by atoms with Crippen LogP contribution in [-0.2, 0) is 33.8 Å². The molecule has 0 radical (unpaired) electrons. The van der Waals surface area contributed by atoms with Crippen molar-refractivity contribution in [3.05, 3.63) is 73.6 Å². The number of halogens is 1. The molecule has 0 saturated heterocycles. The Morgan fingerprint density at radius 3 is 2.51 bits per heavy atom. The molecule has 0 unspecified atom stereocenters. The number of thiophene rings is 1. The molecule has 0 fully saturated rings. The van der Waals surface area contributed by atoms with Gasteiger partial charge in [-0.25, -0.2) is 10.2 Å². The number of hydrogen-bond donors (Lipinski definition) is 2. The Morgan fingerprint density at radius 2 is 1.82 bits per heavy atom. The first-order valence-electron chi connectivity index (χ1n) is 12.2. The molecule has 3 aromatic rings. The van der Waals surface area contributed by atoms with E-state index in [1.165, 1.54) is 24.7 Å². The summed E-state index contributed by atoms with van der Waals surface area (Å²) in [6.07, 6.45) is 3.90. The Morgan fingerprint density at radius 1 is 1.08 bits per heavy atom. The zero-order valence-corrected chi connectivity index (χ0v) is 23.5. The zero-order valence-electron chi connectivity index (χ0n) is 22.0. The van der Waals surface area contributed by atoms with E-state index in [0.29, 0.717) is 32.6 Å². The third-order valence-corrected chi connectivity index (χ3v) is 8.04. The van der Waals surface area contributed by atoms with Crippen molar-refractivity contribution in [3.8, 4) is 11.5 Å². The number of aryl methyl sites for hydroxylation is 3. The summed E-state index contributed by atoms with van der Waals surface area (Å²) in [6, 6.07) is 9.05. The summed E-state index contributed by atoms with van der Waals surface area (Å²) in [5.41, 5.74) is 6.67. The van der Waals surface area contributed by atoms with Crippen LogP contribution in [0.4, 0.5) is 5.00 Å². The van der Waals surface area contributed by atoms with Crippen LogP contribution in [0.3, 0.4) is 0 Å². The molecule has 0 aliphatic heterocycles. The van der Waals surface area contributed by atoms with Gasteiger partial charge in [0.1, 0.15) is 23.1 Å². The molecule has 11 heteroatoms. The van der Waals surface area contributed by atoms with Gasteiger partial charge in [0, 0.05) is 15.5 Å². The topological polar surface area (TPSA) is 115 Å². The number of nitrogens with one attached hydrogen (secondary N) is 2. The molecular weight excluding hydrogens is 542 g/mol. The average Bonchev–Trinajstić information content (AvgIpc) is 3.51. The van der Waals surface area contributed by atoms with Crippen LogP contribution in [0, 0.1) is 13.8 Å². The molecule has 4 rings (SSSR count). The van der Waals surface area contributed by atoms with Crippen molar-refractivity contribution < 1.29 is 28.6 Å². The minimum atomic E-state index is -0.971. The number of amides is 2. The molecular formula is C28H28ClN3O6S. The van der Waals surface area contributed by atoms with Crippen LogP contribution in [-0.4, -0.2) is 38.2 Å². The number of ether oxygens (including phenoxy) is 3. The Balaban J connectivity index is 1.39. The van der Waals surface area contributed by atoms with Crippen molar-refractivity contribution in [2.45, 2.75) is 39.7 Å². The van der Waals surface area contributed by atoms with Crippen molar-refractivity contribution in [2.24, 2.45) is 5.10 Å². The number of anilines is 1. The predicted octanol–water partition coefficient (Wildman–Crippen LogP) is 4.97. The first-order valence-corrected chi connectivity index (χ1v) is 13.3. The average molecular weight is 570 g/mol. The molecule has 1 heterocycles. The predicted molar refractivity (Wildman–Crippen MR) is 150 cm³/mol. The number of carbonyl (C=O) groups is 3. The molecule has 39 heavy (non-hydrogen) atoms. The third kappa shape index (κ3) is 6.40. The van der Waals surface area contributed by atoms with Gasteiger partial charge in [-0.05, 0) is 85.7 Å². The highest BCUT2D eigenvalue weighted by atomic mass is 35.5. The summed E-state index contributed by atoms with van der Waals surface area (Å²) in [7, 11) is 2.85. The largest absolute Gasteiger partial charge is 0.496 e. The SMILES string of the molecule is COC(=O)c1c(NC(=O)C(=O)N/N=C/c2ccc(OC)c(COc3cc(C)c(Cl)c(C)c3)c2)sc2c1CCC2. The van der Waals surface area contributed by atoms with Crippen LogP contribution < -0.4 is 20.2 Å². The van der Waals surface area contributed by atoms with Crippen molar-refractivity contribution in [2.75, 3.05) is 19.5 Å². The minimum absolute atomic E-state index is 0.230. The van der Waals surface area contributed by atoms with Gasteiger partial charge >= 0.3 is 17.8 Å². The maximum atomic E-state index is 12.5. The fraction of sp³-hybridized carbons (Fsp3) is 0.286. The normalized spacial score (nSPS) is 12.2. The van der Waals surface area contributed by atoms with Crippen LogP contribution >= 0.6 is 22.9 Å². The van der Waals surface area contributed by atoms with E-state index in [2.05, 4.69) is 15.8 Å². The Labute approximate surface area is 235 Å². The molecule has 0 saturated carbocycles. The Kier molecular flexibility index (Phi) is 8.88. The van der Waals surface area contributed by atoms with E-state index in [1.807, 2.05) is 26.0 Å². The molecule has 1 aliphatic carbocycles. The van der Waals surface area contributed by atoms with Gasteiger partial charge in [-0.2, -0.15) is 5.10 Å². The van der Waals surface area contributed by atoms with E-state index < -0.39 is 17.8 Å². The molecule has 0 atom stereocenters. The number of benzene rings is 2. The van der Waals surface area contributed by atoms with Crippen molar-refractivity contribution >= 4 is 51.9 Å². The van der Waals surface area contributed by atoms with Crippen LogP contribution in [0.5, 0.6) is 11.5 Å². The fourth-order valence-electron chi connectivity index (χ4n) is 4.33. The smallest absolute Gasteiger partial charge is 0.341 e. The minimum Gasteiger partial charge on any atom is -0.496 e. The second kappa shape index (κ2) is 12.3. The van der Waals surface area contributed by atoms with Gasteiger partial charge in [-0.3, -0.25) is 9.59 Å². The quantitative estimate of drug-likeness (QED) is 0.171. The number of methoxy groups -OCH3 is 2. The Hall–Kier alpha value is -3.89. The second-order valence-corrected chi connectivity index (χ2v) is 10.4. The number of nitrogens with zero attached hydrogens (tertiary/aromatic N) is 1. The summed E-state index contributed by atoms with van der Waals surface area (Å²) in [5.74, 6) is -1.14. The van der Waals surface area contributed by atoms with Crippen LogP contribution in [0.1, 0.15) is 49.5 Å². The summed E-state index contributed by atoms with van der Waals surface area (Å²) in [4.78, 5) is 38.1. The highest BCUT2D eigenvalue weighted by molar-refractivity contribution is 7.17. The molecule has 9 nitrogen and oxygen atoms in total. The lowest BCUT2D eigenvalue weighted by Crippen LogP contribution is -2.32. The van der Waals surface area contributed by atoms with Gasteiger partial charge in [0.25, 0.3) is 0 Å². The third-order valence-electron chi connectivity index (χ3n) is 6.23. The molecule has 1 aromatic heterocycles. The monoisotopic (exact) mass is 569 g/mol. The lowest BCUT2D eigenvalue weighted by atomic mass is 10.1. The maximum Gasteiger partial charge on any atom is 0.341 e. The van der Waals surface area contributed by atoms with Crippen molar-refractivity contribution in [3.63, 3.8) is 0 Å². The van der Waals surface area contributed by atoms with Crippen LogP contribution in [0.2, 0.25) is 5.02 Å². The van der Waals surface area contributed by atoms with Crippen molar-refractivity contribution in [1.82, 2.24) is 5.43 Å². The molecule has 0 spiro atoms. The number of esters is 1. The van der Waals surface area contributed by atoms with Crippen LogP contribution in [0.25, 0.3) is 0 Å². The summed E-state index contributed by atoms with van der Waals surface area (Å²) in [5, 5.41) is 7.44. The first kappa shape index (κ1) is 28.1. The van der Waals surface area contributed by atoms with Gasteiger partial charge in [0.05, 0.1) is 26.0 Å². The molecule has 2 amide bonds. The molecule has 204 valence electrons. The zero-order chi connectivity index (χ0) is 28.1. The van der Waals surface area contributed by atoms with Gasteiger partial charge < -0.3 is 19.5 Å². The Bertz CT molecular complexity index is 1440. The highest BCUT2D eigenvalue weighted by Gasteiger charge is 2.29. The van der Waals surface area contributed by atoms with E-state index in [-0.39, 0.29) is 6.61 Å². The van der Waals surface area contributed by atoms with E-state index in [4.69, 9.17) is 25.8 Å². The lowest BCUT2D eigenvalue weighted by Gasteiger charge is -2.13.